The number of hydrogen-bond donors (Lipinski definition) is 0. The molecule has 0 aliphatic carbocycles. The molecule has 0 atom stereocenters. The number of aromatic nitrogens is 4. The summed E-state index contributed by atoms with van der Waals surface area (Å²) in [6.07, 6.45) is 0. The van der Waals surface area contributed by atoms with Gasteiger partial charge in [-0.1, -0.05) is 27.7 Å². The Morgan fingerprint density at radius 2 is 1.50 bits per heavy atom. The SMILES string of the molecule is CC.CC.Cc1cc2nnc(C)n2nc1C. The predicted molar refractivity (Wildman–Crippen MR) is 67.7 cm³/mol. The summed E-state index contributed by atoms with van der Waals surface area (Å²) < 4.78 is 1.75. The van der Waals surface area contributed by atoms with Crippen molar-refractivity contribution in [1.82, 2.24) is 19.8 Å². The van der Waals surface area contributed by atoms with E-state index >= 15 is 0 Å². The van der Waals surface area contributed by atoms with Gasteiger partial charge in [0.2, 0.25) is 0 Å². The van der Waals surface area contributed by atoms with Gasteiger partial charge in [-0.25, -0.2) is 0 Å². The van der Waals surface area contributed by atoms with E-state index < -0.39 is 0 Å². The fourth-order valence-electron chi connectivity index (χ4n) is 1.11. The highest BCUT2D eigenvalue weighted by Crippen LogP contribution is 2.06. The molecule has 0 bridgehead atoms. The van der Waals surface area contributed by atoms with E-state index in [2.05, 4.69) is 15.3 Å². The highest BCUT2D eigenvalue weighted by molar-refractivity contribution is 5.40. The van der Waals surface area contributed by atoms with E-state index in [1.807, 2.05) is 54.5 Å². The lowest BCUT2D eigenvalue weighted by atomic mass is 10.2. The molecule has 0 saturated carbocycles. The average Bonchev–Trinajstić information content (AvgIpc) is 2.67. The Balaban J connectivity index is 0.000000509. The summed E-state index contributed by atoms with van der Waals surface area (Å²) in [5, 5.41) is 12.2. The molecular formula is C12H22N4. The van der Waals surface area contributed by atoms with Gasteiger partial charge < -0.3 is 0 Å². The zero-order valence-electron chi connectivity index (χ0n) is 11.4. The van der Waals surface area contributed by atoms with Gasteiger partial charge in [0.1, 0.15) is 0 Å². The van der Waals surface area contributed by atoms with Crippen molar-refractivity contribution in [3.8, 4) is 0 Å². The van der Waals surface area contributed by atoms with Crippen LogP contribution in [-0.4, -0.2) is 19.8 Å². The van der Waals surface area contributed by atoms with Crippen molar-refractivity contribution in [2.24, 2.45) is 0 Å². The minimum atomic E-state index is 0.815. The Morgan fingerprint density at radius 1 is 0.938 bits per heavy atom. The van der Waals surface area contributed by atoms with Crippen molar-refractivity contribution in [3.63, 3.8) is 0 Å². The smallest absolute Gasteiger partial charge is 0.178 e. The summed E-state index contributed by atoms with van der Waals surface area (Å²) in [6, 6.07) is 1.99. The van der Waals surface area contributed by atoms with Crippen LogP contribution >= 0.6 is 0 Å². The molecule has 0 fully saturated rings. The first kappa shape index (κ1) is 14.6. The van der Waals surface area contributed by atoms with Crippen LogP contribution in [0, 0.1) is 20.8 Å². The predicted octanol–water partition coefficient (Wildman–Crippen LogP) is 3.10. The minimum absolute atomic E-state index is 0.815. The molecule has 0 unspecified atom stereocenters. The maximum absolute atomic E-state index is 4.33. The molecule has 16 heavy (non-hydrogen) atoms. The van der Waals surface area contributed by atoms with E-state index in [0.29, 0.717) is 0 Å². The van der Waals surface area contributed by atoms with Crippen LogP contribution in [0.3, 0.4) is 0 Å². The van der Waals surface area contributed by atoms with Crippen molar-refractivity contribution < 1.29 is 0 Å². The fraction of sp³-hybridized carbons (Fsp3) is 0.583. The fourth-order valence-corrected chi connectivity index (χ4v) is 1.11. The molecule has 2 aromatic rings. The lowest BCUT2D eigenvalue weighted by Crippen LogP contribution is -1.98. The molecule has 0 aliphatic rings. The standard InChI is InChI=1S/C8H10N4.2C2H6/c1-5-4-8-10-9-7(3)12(8)11-6(5)2;2*1-2/h4H,1-3H3;2*1-2H3. The maximum atomic E-state index is 4.33. The third-order valence-electron chi connectivity index (χ3n) is 1.99. The van der Waals surface area contributed by atoms with E-state index in [9.17, 15) is 0 Å². The van der Waals surface area contributed by atoms with E-state index in [1.54, 1.807) is 4.52 Å². The van der Waals surface area contributed by atoms with Crippen LogP contribution in [-0.2, 0) is 0 Å². The summed E-state index contributed by atoms with van der Waals surface area (Å²) in [6.45, 7) is 13.9. The van der Waals surface area contributed by atoms with E-state index in [1.165, 1.54) is 0 Å². The maximum Gasteiger partial charge on any atom is 0.178 e. The largest absolute Gasteiger partial charge is 0.197 e. The highest BCUT2D eigenvalue weighted by atomic mass is 15.4. The molecule has 2 aromatic heterocycles. The van der Waals surface area contributed by atoms with Crippen molar-refractivity contribution in [2.45, 2.75) is 48.5 Å². The number of rotatable bonds is 0. The van der Waals surface area contributed by atoms with Gasteiger partial charge in [0.05, 0.1) is 5.69 Å². The van der Waals surface area contributed by atoms with Crippen molar-refractivity contribution in [3.05, 3.63) is 23.1 Å². The van der Waals surface area contributed by atoms with Gasteiger partial charge in [0.15, 0.2) is 11.5 Å². The van der Waals surface area contributed by atoms with Gasteiger partial charge in [-0.05, 0) is 32.4 Å². The van der Waals surface area contributed by atoms with Crippen LogP contribution in [0.4, 0.5) is 0 Å². The first-order chi connectivity index (χ1) is 7.68. The minimum Gasteiger partial charge on any atom is -0.197 e. The summed E-state index contributed by atoms with van der Waals surface area (Å²) in [7, 11) is 0. The lowest BCUT2D eigenvalue weighted by Gasteiger charge is -1.98. The molecule has 0 amide bonds. The summed E-state index contributed by atoms with van der Waals surface area (Å²) in [5.41, 5.74) is 2.98. The highest BCUT2D eigenvalue weighted by Gasteiger charge is 2.03. The molecule has 0 aromatic carbocycles. The van der Waals surface area contributed by atoms with Crippen LogP contribution in [0.25, 0.3) is 5.65 Å². The second kappa shape index (κ2) is 6.93. The Hall–Kier alpha value is -1.45. The average molecular weight is 222 g/mol. The third kappa shape index (κ3) is 3.02. The topological polar surface area (TPSA) is 43.1 Å². The molecule has 0 N–H and O–H groups in total. The van der Waals surface area contributed by atoms with E-state index in [-0.39, 0.29) is 0 Å². The van der Waals surface area contributed by atoms with Crippen LogP contribution < -0.4 is 0 Å². The molecule has 90 valence electrons. The van der Waals surface area contributed by atoms with Crippen LogP contribution in [0.1, 0.15) is 44.8 Å². The zero-order valence-corrected chi connectivity index (χ0v) is 11.4. The van der Waals surface area contributed by atoms with Gasteiger partial charge >= 0.3 is 0 Å². The van der Waals surface area contributed by atoms with Crippen molar-refractivity contribution >= 4 is 5.65 Å². The lowest BCUT2D eigenvalue weighted by molar-refractivity contribution is 0.844. The second-order valence-electron chi connectivity index (χ2n) is 2.93. The first-order valence-corrected chi connectivity index (χ1v) is 5.85. The van der Waals surface area contributed by atoms with Gasteiger partial charge in [-0.3, -0.25) is 0 Å². The van der Waals surface area contributed by atoms with Crippen LogP contribution in [0.2, 0.25) is 0 Å². The first-order valence-electron chi connectivity index (χ1n) is 5.85. The number of nitrogens with zero attached hydrogens (tertiary/aromatic N) is 4. The molecule has 2 heterocycles. The third-order valence-corrected chi connectivity index (χ3v) is 1.99. The summed E-state index contributed by atoms with van der Waals surface area (Å²) >= 11 is 0. The van der Waals surface area contributed by atoms with Gasteiger partial charge in [-0.15, -0.1) is 10.2 Å². The zero-order chi connectivity index (χ0) is 12.7. The molecule has 4 nitrogen and oxygen atoms in total. The molecule has 0 saturated heterocycles. The number of aryl methyl sites for hydroxylation is 3. The summed E-state index contributed by atoms with van der Waals surface area (Å²) in [5.74, 6) is 0.827. The van der Waals surface area contributed by atoms with Crippen LogP contribution in [0.5, 0.6) is 0 Å². The van der Waals surface area contributed by atoms with E-state index in [4.69, 9.17) is 0 Å². The molecule has 0 aliphatic heterocycles. The monoisotopic (exact) mass is 222 g/mol. The van der Waals surface area contributed by atoms with Crippen molar-refractivity contribution in [2.75, 3.05) is 0 Å². The number of hydrogen-bond acceptors (Lipinski definition) is 3. The quantitative estimate of drug-likeness (QED) is 0.688. The number of fused-ring (bicyclic) bond motifs is 1. The Kier molecular flexibility index (Phi) is 6.30. The van der Waals surface area contributed by atoms with Crippen LogP contribution in [0.15, 0.2) is 6.07 Å². The van der Waals surface area contributed by atoms with Gasteiger partial charge in [-0.2, -0.15) is 9.61 Å². The Morgan fingerprint density at radius 3 is 2.06 bits per heavy atom. The molecule has 4 heteroatoms. The molecular weight excluding hydrogens is 200 g/mol. The Bertz CT molecular complexity index is 432. The van der Waals surface area contributed by atoms with E-state index in [0.717, 1.165) is 22.7 Å². The molecule has 0 radical (unpaired) electrons. The Labute approximate surface area is 97.7 Å². The van der Waals surface area contributed by atoms with Gasteiger partial charge in [0, 0.05) is 0 Å². The second-order valence-corrected chi connectivity index (χ2v) is 2.93. The van der Waals surface area contributed by atoms with Crippen molar-refractivity contribution in [1.29, 1.82) is 0 Å². The normalized spacial score (nSPS) is 8.94. The molecule has 0 spiro atoms. The van der Waals surface area contributed by atoms with Gasteiger partial charge in [0.25, 0.3) is 0 Å². The summed E-state index contributed by atoms with van der Waals surface area (Å²) in [4.78, 5) is 0. The molecule has 2 rings (SSSR count).